The molecule has 9 heteroatoms. The topological polar surface area (TPSA) is 97.4 Å². The molecule has 1 aromatic heterocycles. The highest BCUT2D eigenvalue weighted by molar-refractivity contribution is 7.92. The van der Waals surface area contributed by atoms with E-state index >= 15 is 0 Å². The lowest BCUT2D eigenvalue weighted by Gasteiger charge is -2.12. The van der Waals surface area contributed by atoms with Crippen molar-refractivity contribution < 1.29 is 17.9 Å². The summed E-state index contributed by atoms with van der Waals surface area (Å²) in [7, 11) is -2.41. The molecule has 0 fully saturated rings. The van der Waals surface area contributed by atoms with E-state index in [-0.39, 0.29) is 16.1 Å². The van der Waals surface area contributed by atoms with E-state index in [9.17, 15) is 13.2 Å². The second-order valence-electron chi connectivity index (χ2n) is 7.85. The van der Waals surface area contributed by atoms with Gasteiger partial charge in [-0.3, -0.25) is 14.8 Å². The smallest absolute Gasteiger partial charge is 0.261 e. The molecule has 0 aliphatic heterocycles. The Morgan fingerprint density at radius 3 is 2.42 bits per heavy atom. The van der Waals surface area contributed by atoms with Crippen molar-refractivity contribution in [2.24, 2.45) is 0 Å². The minimum Gasteiger partial charge on any atom is -0.497 e. The lowest BCUT2D eigenvalue weighted by atomic mass is 10.0. The van der Waals surface area contributed by atoms with E-state index in [1.54, 1.807) is 36.4 Å². The predicted molar refractivity (Wildman–Crippen MR) is 143 cm³/mol. The van der Waals surface area contributed by atoms with Gasteiger partial charge in [-0.25, -0.2) is 13.4 Å². The monoisotopic (exact) mass is 515 g/mol. The van der Waals surface area contributed by atoms with E-state index < -0.39 is 15.9 Å². The minimum atomic E-state index is -3.92. The van der Waals surface area contributed by atoms with Crippen LogP contribution in [0.3, 0.4) is 0 Å². The standard InChI is InChI=1S/C27H21N3O4S2/c1-34-19-13-15-20(16-14-19)36(32,33)30-24-12-5-4-10-23(24)26(31)29-27-28-25(17-35-27)22-11-6-8-18-7-2-3-9-21(18)22/h2-17,30H,1H3,(H,28,29,31). The van der Waals surface area contributed by atoms with Gasteiger partial charge in [-0.05, 0) is 47.2 Å². The fourth-order valence-corrected chi connectivity index (χ4v) is 5.58. The zero-order valence-electron chi connectivity index (χ0n) is 19.1. The summed E-state index contributed by atoms with van der Waals surface area (Å²) in [6, 6.07) is 26.5. The molecule has 0 atom stereocenters. The number of benzene rings is 4. The molecule has 5 rings (SSSR count). The van der Waals surface area contributed by atoms with Crippen LogP contribution in [0, 0.1) is 0 Å². The number of thiazole rings is 1. The number of hydrogen-bond acceptors (Lipinski definition) is 6. The van der Waals surface area contributed by atoms with Gasteiger partial charge in [0.05, 0.1) is 29.0 Å². The maximum atomic E-state index is 13.1. The molecule has 5 aromatic rings. The molecule has 0 saturated carbocycles. The van der Waals surface area contributed by atoms with E-state index in [1.807, 2.05) is 47.8 Å². The van der Waals surface area contributed by atoms with Crippen LogP contribution in [0.1, 0.15) is 10.4 Å². The van der Waals surface area contributed by atoms with E-state index in [2.05, 4.69) is 15.0 Å². The van der Waals surface area contributed by atoms with Gasteiger partial charge in [0, 0.05) is 10.9 Å². The number of methoxy groups -OCH3 is 1. The summed E-state index contributed by atoms with van der Waals surface area (Å²) in [6.07, 6.45) is 0. The van der Waals surface area contributed by atoms with Gasteiger partial charge in [0.2, 0.25) is 0 Å². The third-order valence-corrected chi connectivity index (χ3v) is 7.72. The van der Waals surface area contributed by atoms with Crippen LogP contribution in [-0.2, 0) is 10.0 Å². The molecule has 180 valence electrons. The number of rotatable bonds is 7. The quantitative estimate of drug-likeness (QED) is 0.276. The average Bonchev–Trinajstić information content (AvgIpc) is 3.36. The number of para-hydroxylation sites is 1. The molecule has 0 spiro atoms. The number of sulfonamides is 1. The first-order chi connectivity index (χ1) is 17.4. The Labute approximate surface area is 212 Å². The molecule has 0 bridgehead atoms. The van der Waals surface area contributed by atoms with Crippen molar-refractivity contribution in [1.82, 2.24) is 4.98 Å². The van der Waals surface area contributed by atoms with Gasteiger partial charge < -0.3 is 4.74 Å². The highest BCUT2D eigenvalue weighted by atomic mass is 32.2. The number of anilines is 2. The Hall–Kier alpha value is -4.21. The predicted octanol–water partition coefficient (Wildman–Crippen LogP) is 6.03. The van der Waals surface area contributed by atoms with Gasteiger partial charge in [-0.15, -0.1) is 11.3 Å². The fraction of sp³-hybridized carbons (Fsp3) is 0.0370. The molecule has 36 heavy (non-hydrogen) atoms. The number of carbonyl (C=O) groups excluding carboxylic acids is 1. The number of amides is 1. The van der Waals surface area contributed by atoms with Crippen LogP contribution in [0.2, 0.25) is 0 Å². The van der Waals surface area contributed by atoms with Crippen molar-refractivity contribution in [2.75, 3.05) is 17.1 Å². The molecule has 4 aromatic carbocycles. The van der Waals surface area contributed by atoms with Crippen molar-refractivity contribution in [3.63, 3.8) is 0 Å². The molecular weight excluding hydrogens is 494 g/mol. The first-order valence-electron chi connectivity index (χ1n) is 11.0. The lowest BCUT2D eigenvalue weighted by Crippen LogP contribution is -2.18. The third-order valence-electron chi connectivity index (χ3n) is 5.58. The highest BCUT2D eigenvalue weighted by Gasteiger charge is 2.20. The van der Waals surface area contributed by atoms with Gasteiger partial charge in [0.15, 0.2) is 5.13 Å². The average molecular weight is 516 g/mol. The molecule has 1 heterocycles. The van der Waals surface area contributed by atoms with Crippen LogP contribution >= 0.6 is 11.3 Å². The Balaban J connectivity index is 1.38. The van der Waals surface area contributed by atoms with Crippen LogP contribution in [0.5, 0.6) is 5.75 Å². The maximum absolute atomic E-state index is 13.1. The number of carbonyl (C=O) groups is 1. The van der Waals surface area contributed by atoms with Crippen LogP contribution in [0.25, 0.3) is 22.0 Å². The Bertz CT molecular complexity index is 1660. The van der Waals surface area contributed by atoms with E-state index in [4.69, 9.17) is 4.74 Å². The first-order valence-corrected chi connectivity index (χ1v) is 13.3. The van der Waals surface area contributed by atoms with Crippen LogP contribution < -0.4 is 14.8 Å². The van der Waals surface area contributed by atoms with Crippen LogP contribution in [0.4, 0.5) is 10.8 Å². The molecule has 0 aliphatic rings. The summed E-state index contributed by atoms with van der Waals surface area (Å²) in [5, 5.41) is 7.27. The number of ether oxygens (including phenoxy) is 1. The van der Waals surface area contributed by atoms with Crippen molar-refractivity contribution in [3.8, 4) is 17.0 Å². The maximum Gasteiger partial charge on any atom is 0.261 e. The van der Waals surface area contributed by atoms with E-state index in [0.717, 1.165) is 22.0 Å². The highest BCUT2D eigenvalue weighted by Crippen LogP contribution is 2.31. The first kappa shape index (κ1) is 23.5. The van der Waals surface area contributed by atoms with Crippen LogP contribution in [0.15, 0.2) is 101 Å². The van der Waals surface area contributed by atoms with Gasteiger partial charge in [-0.2, -0.15) is 0 Å². The summed E-state index contributed by atoms with van der Waals surface area (Å²) in [5.41, 5.74) is 2.06. The molecule has 1 amide bonds. The molecule has 7 nitrogen and oxygen atoms in total. The van der Waals surface area contributed by atoms with Crippen molar-refractivity contribution >= 4 is 48.9 Å². The van der Waals surface area contributed by atoms with Gasteiger partial charge in [0.1, 0.15) is 5.75 Å². The number of nitrogens with one attached hydrogen (secondary N) is 2. The summed E-state index contributed by atoms with van der Waals surface area (Å²) >= 11 is 1.30. The van der Waals surface area contributed by atoms with Gasteiger partial charge in [-0.1, -0.05) is 54.6 Å². The summed E-state index contributed by atoms with van der Waals surface area (Å²) in [6.45, 7) is 0. The van der Waals surface area contributed by atoms with Crippen molar-refractivity contribution in [1.29, 1.82) is 0 Å². The van der Waals surface area contributed by atoms with E-state index in [1.165, 1.54) is 30.6 Å². The van der Waals surface area contributed by atoms with Crippen molar-refractivity contribution in [3.05, 3.63) is 102 Å². The van der Waals surface area contributed by atoms with E-state index in [0.29, 0.717) is 10.9 Å². The van der Waals surface area contributed by atoms with Gasteiger partial charge in [0.25, 0.3) is 15.9 Å². The van der Waals surface area contributed by atoms with Crippen molar-refractivity contribution in [2.45, 2.75) is 4.90 Å². The molecule has 0 unspecified atom stereocenters. The number of fused-ring (bicyclic) bond motifs is 1. The molecule has 0 aliphatic carbocycles. The van der Waals surface area contributed by atoms with Crippen LogP contribution in [-0.4, -0.2) is 26.4 Å². The summed E-state index contributed by atoms with van der Waals surface area (Å²) in [4.78, 5) is 17.8. The summed E-state index contributed by atoms with van der Waals surface area (Å²) in [5.74, 6) is 0.0712. The second-order valence-corrected chi connectivity index (χ2v) is 10.4. The Morgan fingerprint density at radius 2 is 1.61 bits per heavy atom. The molecule has 2 N–H and O–H groups in total. The fourth-order valence-electron chi connectivity index (χ4n) is 3.80. The normalized spacial score (nSPS) is 11.2. The summed E-state index contributed by atoms with van der Waals surface area (Å²) < 4.78 is 33.4. The number of nitrogens with zero attached hydrogens (tertiary/aromatic N) is 1. The minimum absolute atomic E-state index is 0.0539. The van der Waals surface area contributed by atoms with Gasteiger partial charge >= 0.3 is 0 Å². The zero-order chi connectivity index (χ0) is 25.1. The number of hydrogen-bond donors (Lipinski definition) is 2. The zero-order valence-corrected chi connectivity index (χ0v) is 20.8. The Morgan fingerprint density at radius 1 is 0.889 bits per heavy atom. The largest absolute Gasteiger partial charge is 0.497 e. The molecule has 0 saturated heterocycles. The molecular formula is C27H21N3O4S2. The SMILES string of the molecule is COc1ccc(S(=O)(=O)Nc2ccccc2C(=O)Nc2nc(-c3cccc4ccccc34)cs2)cc1. The third kappa shape index (κ3) is 4.79. The molecule has 0 radical (unpaired) electrons. The number of aromatic nitrogens is 1. The lowest BCUT2D eigenvalue weighted by molar-refractivity contribution is 0.102. The Kier molecular flexibility index (Phi) is 6.41. The second kappa shape index (κ2) is 9.80.